The molecule has 1 rings (SSSR count). The number of hydrogen-bond donors (Lipinski definition) is 1. The van der Waals surface area contributed by atoms with Gasteiger partial charge in [-0.05, 0) is 38.7 Å². The molecular weight excluding hydrogens is 328 g/mol. The van der Waals surface area contributed by atoms with Crippen LogP contribution in [0.2, 0.25) is 0 Å². The number of ether oxygens (including phenoxy) is 3. The molecule has 0 aliphatic heterocycles. The second kappa shape index (κ2) is 13.0. The highest BCUT2D eigenvalue weighted by Crippen LogP contribution is 2.12. The first-order valence-electron chi connectivity index (χ1n) is 8.19. The number of hydrogen-bond acceptors (Lipinski definition) is 7. The minimum absolute atomic E-state index is 0.0515. The van der Waals surface area contributed by atoms with E-state index in [-0.39, 0.29) is 11.7 Å². The van der Waals surface area contributed by atoms with Crippen LogP contribution >= 0.6 is 11.8 Å². The fourth-order valence-electron chi connectivity index (χ4n) is 1.78. The van der Waals surface area contributed by atoms with Crippen LogP contribution in [0.1, 0.15) is 26.7 Å². The molecule has 0 aliphatic rings. The molecule has 0 amide bonds. The lowest BCUT2D eigenvalue weighted by Crippen LogP contribution is -2.11. The van der Waals surface area contributed by atoms with E-state index in [0.29, 0.717) is 32.5 Å². The summed E-state index contributed by atoms with van der Waals surface area (Å²) in [5.74, 6) is 1.61. The number of anilines is 1. The summed E-state index contributed by atoms with van der Waals surface area (Å²) in [5.41, 5.74) is 0. The van der Waals surface area contributed by atoms with E-state index >= 15 is 0 Å². The molecule has 7 heteroatoms. The molecule has 0 unspecified atom stereocenters. The van der Waals surface area contributed by atoms with Gasteiger partial charge in [0.15, 0.2) is 0 Å². The fourth-order valence-corrected chi connectivity index (χ4v) is 1.98. The normalized spacial score (nSPS) is 10.8. The molecule has 0 spiro atoms. The highest BCUT2D eigenvalue weighted by molar-refractivity contribution is 8.13. The van der Waals surface area contributed by atoms with Gasteiger partial charge in [0.05, 0.1) is 12.8 Å². The lowest BCUT2D eigenvalue weighted by molar-refractivity contribution is -0.115. The molecule has 1 aromatic heterocycles. The maximum Gasteiger partial charge on any atom is 0.214 e. The van der Waals surface area contributed by atoms with Gasteiger partial charge in [0, 0.05) is 32.3 Å². The number of carbonyl (C=O) groups excluding carboxylic acids is 1. The first-order valence-corrected chi connectivity index (χ1v) is 9.42. The number of thioether (sulfide) groups is 1. The van der Waals surface area contributed by atoms with E-state index in [9.17, 15) is 4.79 Å². The summed E-state index contributed by atoms with van der Waals surface area (Å²) in [4.78, 5) is 15.3. The number of carbonyl (C=O) groups is 1. The third-order valence-electron chi connectivity index (χ3n) is 2.90. The maximum absolute atomic E-state index is 11.0. The van der Waals surface area contributed by atoms with Crippen LogP contribution in [0.15, 0.2) is 18.3 Å². The van der Waals surface area contributed by atoms with Crippen molar-refractivity contribution >= 4 is 22.7 Å². The second-order valence-electron chi connectivity index (χ2n) is 5.47. The van der Waals surface area contributed by atoms with Gasteiger partial charge in [0.25, 0.3) is 0 Å². The van der Waals surface area contributed by atoms with E-state index in [1.54, 1.807) is 12.5 Å². The maximum atomic E-state index is 11.0. The molecule has 0 saturated carbocycles. The summed E-state index contributed by atoms with van der Waals surface area (Å²) < 4.78 is 16.3. The summed E-state index contributed by atoms with van der Waals surface area (Å²) >= 11 is 1.19. The predicted octanol–water partition coefficient (Wildman–Crippen LogP) is 2.98. The predicted molar refractivity (Wildman–Crippen MR) is 97.9 cm³/mol. The number of pyridine rings is 1. The molecule has 136 valence electrons. The molecule has 0 bridgehead atoms. The van der Waals surface area contributed by atoms with Gasteiger partial charge in [-0.25, -0.2) is 4.98 Å². The Hall–Kier alpha value is -1.31. The lowest BCUT2D eigenvalue weighted by Gasteiger charge is -2.10. The summed E-state index contributed by atoms with van der Waals surface area (Å²) in [6.45, 7) is 6.73. The Morgan fingerprint density at radius 1 is 1.17 bits per heavy atom. The molecule has 1 aromatic rings. The zero-order valence-corrected chi connectivity index (χ0v) is 15.6. The van der Waals surface area contributed by atoms with Gasteiger partial charge in [0.2, 0.25) is 5.12 Å². The van der Waals surface area contributed by atoms with Gasteiger partial charge in [-0.15, -0.1) is 0 Å². The van der Waals surface area contributed by atoms with Crippen LogP contribution in [0, 0.1) is 0 Å². The first-order chi connectivity index (χ1) is 11.6. The van der Waals surface area contributed by atoms with E-state index in [4.69, 9.17) is 14.2 Å². The quantitative estimate of drug-likeness (QED) is 0.545. The van der Waals surface area contributed by atoms with Crippen molar-refractivity contribution in [1.29, 1.82) is 0 Å². The van der Waals surface area contributed by atoms with Crippen molar-refractivity contribution in [2.24, 2.45) is 0 Å². The summed E-state index contributed by atoms with van der Waals surface area (Å²) in [6.07, 6.45) is 5.08. The summed E-state index contributed by atoms with van der Waals surface area (Å²) in [6, 6.07) is 4.18. The van der Waals surface area contributed by atoms with Gasteiger partial charge in [-0.3, -0.25) is 4.79 Å². The van der Waals surface area contributed by atoms with E-state index in [0.717, 1.165) is 24.4 Å². The van der Waals surface area contributed by atoms with Crippen LogP contribution in [-0.4, -0.2) is 55.4 Å². The molecule has 24 heavy (non-hydrogen) atoms. The van der Waals surface area contributed by atoms with Crippen LogP contribution in [0.3, 0.4) is 0 Å². The summed E-state index contributed by atoms with van der Waals surface area (Å²) in [7, 11) is 0. The van der Waals surface area contributed by atoms with Crippen molar-refractivity contribution in [1.82, 2.24) is 4.98 Å². The van der Waals surface area contributed by atoms with E-state index in [2.05, 4.69) is 24.1 Å². The van der Waals surface area contributed by atoms with Crippen molar-refractivity contribution in [3.63, 3.8) is 0 Å². The molecule has 0 aliphatic carbocycles. The van der Waals surface area contributed by atoms with Gasteiger partial charge in [-0.2, -0.15) is 0 Å². The molecule has 1 heterocycles. The number of nitrogens with zero attached hydrogens (tertiary/aromatic N) is 1. The van der Waals surface area contributed by atoms with E-state index in [1.165, 1.54) is 11.8 Å². The molecule has 0 saturated heterocycles. The molecule has 0 fully saturated rings. The van der Waals surface area contributed by atoms with Gasteiger partial charge < -0.3 is 19.5 Å². The van der Waals surface area contributed by atoms with Crippen LogP contribution in [0.5, 0.6) is 5.75 Å². The average Bonchev–Trinajstić information content (AvgIpc) is 2.57. The number of rotatable bonds is 13. The van der Waals surface area contributed by atoms with Crippen molar-refractivity contribution in [2.45, 2.75) is 32.7 Å². The SMILES string of the molecule is CSC(=O)COCCCOCCCOc1ccc(NC(C)C)nc1. The molecule has 1 N–H and O–H groups in total. The topological polar surface area (TPSA) is 69.7 Å². The average molecular weight is 356 g/mol. The number of nitrogens with one attached hydrogen (secondary N) is 1. The second-order valence-corrected chi connectivity index (χ2v) is 6.34. The highest BCUT2D eigenvalue weighted by Gasteiger charge is 2.00. The van der Waals surface area contributed by atoms with Crippen molar-refractivity contribution in [2.75, 3.05) is 44.6 Å². The van der Waals surface area contributed by atoms with Gasteiger partial charge in [-0.1, -0.05) is 11.8 Å². The molecule has 6 nitrogen and oxygen atoms in total. The third-order valence-corrected chi connectivity index (χ3v) is 3.47. The monoisotopic (exact) mass is 356 g/mol. The van der Waals surface area contributed by atoms with Crippen molar-refractivity contribution in [3.8, 4) is 5.75 Å². The summed E-state index contributed by atoms with van der Waals surface area (Å²) in [5, 5.41) is 3.28. The minimum atomic E-state index is 0.0515. The Morgan fingerprint density at radius 2 is 1.88 bits per heavy atom. The van der Waals surface area contributed by atoms with Gasteiger partial charge in [0.1, 0.15) is 18.2 Å². The van der Waals surface area contributed by atoms with Crippen molar-refractivity contribution < 1.29 is 19.0 Å². The Kier molecular flexibility index (Phi) is 11.3. The molecular formula is C17H28N2O4S. The van der Waals surface area contributed by atoms with Crippen molar-refractivity contribution in [3.05, 3.63) is 18.3 Å². The fraction of sp³-hybridized carbons (Fsp3) is 0.647. The lowest BCUT2D eigenvalue weighted by atomic mass is 10.3. The zero-order chi connectivity index (χ0) is 17.6. The van der Waals surface area contributed by atoms with Crippen LogP contribution in [0.4, 0.5) is 5.82 Å². The zero-order valence-electron chi connectivity index (χ0n) is 14.7. The van der Waals surface area contributed by atoms with E-state index < -0.39 is 0 Å². The van der Waals surface area contributed by atoms with Crippen LogP contribution in [0.25, 0.3) is 0 Å². The Labute approximate surface area is 148 Å². The Bertz CT molecular complexity index is 454. The smallest absolute Gasteiger partial charge is 0.214 e. The largest absolute Gasteiger partial charge is 0.492 e. The van der Waals surface area contributed by atoms with Crippen LogP contribution < -0.4 is 10.1 Å². The minimum Gasteiger partial charge on any atom is -0.492 e. The standard InChI is InChI=1S/C17H28N2O4S/c1-14(2)19-16-7-6-15(12-18-16)23-11-5-9-21-8-4-10-22-13-17(20)24-3/h6-7,12,14H,4-5,8-11,13H2,1-3H3,(H,18,19). The van der Waals surface area contributed by atoms with Crippen LogP contribution in [-0.2, 0) is 14.3 Å². The molecule has 0 aromatic carbocycles. The Morgan fingerprint density at radius 3 is 2.50 bits per heavy atom. The number of aromatic nitrogens is 1. The Balaban J connectivity index is 1.95. The molecule has 0 radical (unpaired) electrons. The van der Waals surface area contributed by atoms with E-state index in [1.807, 2.05) is 12.1 Å². The first kappa shape index (κ1) is 20.7. The third kappa shape index (κ3) is 10.5. The molecule has 0 atom stereocenters. The highest BCUT2D eigenvalue weighted by atomic mass is 32.2. The van der Waals surface area contributed by atoms with Gasteiger partial charge >= 0.3 is 0 Å².